The molecule has 0 unspecified atom stereocenters. The monoisotopic (exact) mass is 117 g/mol. The molecule has 0 aromatic carbocycles. The van der Waals surface area contributed by atoms with Gasteiger partial charge in [-0.1, -0.05) is 0 Å². The van der Waals surface area contributed by atoms with Crippen molar-refractivity contribution in [2.75, 3.05) is 0 Å². The number of hydrogen-bond donors (Lipinski definition) is 2. The van der Waals surface area contributed by atoms with Crippen molar-refractivity contribution < 1.29 is 0 Å². The predicted molar refractivity (Wildman–Crippen MR) is 33.2 cm³/mol. The first kappa shape index (κ1) is 9.85. The first-order valence-electron chi connectivity index (χ1n) is 1.09. The Labute approximate surface area is 65.8 Å². The van der Waals surface area contributed by atoms with Crippen molar-refractivity contribution >= 4 is 54.8 Å². The molecule has 0 saturated heterocycles. The second-order valence-electron chi connectivity index (χ2n) is 0.632. The second kappa shape index (κ2) is 5.70. The Hall–Kier alpha value is 1.70. The van der Waals surface area contributed by atoms with Crippen LogP contribution in [-0.2, 0) is 0 Å². The summed E-state index contributed by atoms with van der Waals surface area (Å²) in [5.41, 5.74) is 0. The molecule has 0 bridgehead atoms. The van der Waals surface area contributed by atoms with Crippen LogP contribution in [0.4, 0.5) is 0 Å². The van der Waals surface area contributed by atoms with Crippen LogP contribution >= 0.6 is 25.3 Å². The number of thiol groups is 2. The van der Waals surface area contributed by atoms with Gasteiger partial charge in [-0.05, 0) is 6.92 Å². The molecule has 0 spiro atoms. The van der Waals surface area contributed by atoms with Crippen LogP contribution in [0, 0.1) is 0 Å². The largest absolute Gasteiger partial charge is 0.166 e. The fourth-order valence-corrected chi connectivity index (χ4v) is 0. The number of rotatable bonds is 0. The summed E-state index contributed by atoms with van der Waals surface area (Å²) in [6.45, 7) is 1.90. The summed E-state index contributed by atoms with van der Waals surface area (Å²) in [4.78, 5) is 0. The van der Waals surface area contributed by atoms with Gasteiger partial charge in [0.2, 0.25) is 0 Å². The summed E-state index contributed by atoms with van der Waals surface area (Å²) < 4.78 is 0.222. The first-order chi connectivity index (χ1) is 1.73. The van der Waals surface area contributed by atoms with Gasteiger partial charge in [0.05, 0.1) is 0 Å². The minimum atomic E-state index is 0. The number of hydrogen-bond acceptors (Lipinski definition) is 2. The van der Waals surface area contributed by atoms with E-state index in [0.717, 1.165) is 0 Å². The Kier molecular flexibility index (Phi) is 11.2. The molecular formula is C2H6NaS2. The second-order valence-corrected chi connectivity index (χ2v) is 2.59. The summed E-state index contributed by atoms with van der Waals surface area (Å²) in [6.07, 6.45) is 0. The van der Waals surface area contributed by atoms with E-state index in [0.29, 0.717) is 0 Å². The van der Waals surface area contributed by atoms with E-state index in [2.05, 4.69) is 25.3 Å². The molecule has 0 amide bonds. The summed E-state index contributed by atoms with van der Waals surface area (Å²) in [5, 5.41) is 0. The Morgan fingerprint density at radius 3 is 1.40 bits per heavy atom. The third-order valence-corrected chi connectivity index (χ3v) is 0. The molecule has 0 aliphatic heterocycles. The smallest absolute Gasteiger partial charge is 0.0414 e. The van der Waals surface area contributed by atoms with Crippen molar-refractivity contribution in [2.24, 2.45) is 0 Å². The predicted octanol–water partition coefficient (Wildman–Crippen LogP) is 0.811. The van der Waals surface area contributed by atoms with Gasteiger partial charge in [0.1, 0.15) is 0 Å². The maximum absolute atomic E-state index is 3.83. The molecule has 0 nitrogen and oxygen atoms in total. The molecule has 0 aromatic heterocycles. The molecule has 0 rings (SSSR count). The van der Waals surface area contributed by atoms with Crippen LogP contribution in [0.2, 0.25) is 0 Å². The molecule has 0 aliphatic rings. The van der Waals surface area contributed by atoms with E-state index < -0.39 is 0 Å². The molecular weight excluding hydrogens is 111 g/mol. The van der Waals surface area contributed by atoms with Gasteiger partial charge in [-0.15, -0.1) is 0 Å². The van der Waals surface area contributed by atoms with E-state index in [1.54, 1.807) is 0 Å². The van der Waals surface area contributed by atoms with Crippen LogP contribution in [0.25, 0.3) is 0 Å². The minimum Gasteiger partial charge on any atom is -0.166 e. The zero-order chi connectivity index (χ0) is 3.58. The third kappa shape index (κ3) is 27.0. The fourth-order valence-electron chi connectivity index (χ4n) is 0. The van der Waals surface area contributed by atoms with Crippen LogP contribution < -0.4 is 0 Å². The summed E-state index contributed by atoms with van der Waals surface area (Å²) in [6, 6.07) is 0. The maximum atomic E-state index is 3.83. The average Bonchev–Trinajstić information content (AvgIpc) is 0.811. The van der Waals surface area contributed by atoms with Gasteiger partial charge in [0, 0.05) is 34.1 Å². The zero-order valence-corrected chi connectivity index (χ0v) is 7.26. The molecule has 0 N–H and O–H groups in total. The molecule has 1 radical (unpaired) electrons. The van der Waals surface area contributed by atoms with E-state index in [4.69, 9.17) is 0 Å². The Morgan fingerprint density at radius 2 is 1.40 bits per heavy atom. The summed E-state index contributed by atoms with van der Waals surface area (Å²) in [7, 11) is 0. The van der Waals surface area contributed by atoms with Crippen molar-refractivity contribution in [1.82, 2.24) is 0 Å². The van der Waals surface area contributed by atoms with Crippen LogP contribution in [0.5, 0.6) is 0 Å². The van der Waals surface area contributed by atoms with Gasteiger partial charge in [-0.3, -0.25) is 0 Å². The zero-order valence-electron chi connectivity index (χ0n) is 3.47. The summed E-state index contributed by atoms with van der Waals surface area (Å²) >= 11 is 7.66. The van der Waals surface area contributed by atoms with Crippen LogP contribution in [0.3, 0.4) is 0 Å². The van der Waals surface area contributed by atoms with E-state index in [-0.39, 0.29) is 34.1 Å². The van der Waals surface area contributed by atoms with E-state index in [9.17, 15) is 0 Å². The van der Waals surface area contributed by atoms with Gasteiger partial charge in [0.25, 0.3) is 0 Å². The van der Waals surface area contributed by atoms with Gasteiger partial charge < -0.3 is 0 Å². The summed E-state index contributed by atoms with van der Waals surface area (Å²) in [5.74, 6) is 0. The van der Waals surface area contributed by atoms with Crippen molar-refractivity contribution in [3.05, 3.63) is 0 Å². The van der Waals surface area contributed by atoms with Crippen molar-refractivity contribution in [1.29, 1.82) is 0 Å². The van der Waals surface area contributed by atoms with Crippen LogP contribution in [-0.4, -0.2) is 34.1 Å². The van der Waals surface area contributed by atoms with Gasteiger partial charge >= 0.3 is 0 Å². The first-order valence-corrected chi connectivity index (χ1v) is 2.13. The molecule has 0 atom stereocenters. The molecule has 27 valence electrons. The van der Waals surface area contributed by atoms with E-state index >= 15 is 0 Å². The van der Waals surface area contributed by atoms with Gasteiger partial charge in [0.15, 0.2) is 0 Å². The molecule has 0 fully saturated rings. The molecule has 0 saturated carbocycles. The SMILES string of the molecule is CC(S)S.[Na]. The average molecular weight is 117 g/mol. The molecule has 3 heteroatoms. The minimum absolute atomic E-state index is 0. The Morgan fingerprint density at radius 1 is 1.40 bits per heavy atom. The molecule has 0 aliphatic carbocycles. The quantitative estimate of drug-likeness (QED) is 0.262. The van der Waals surface area contributed by atoms with Crippen molar-refractivity contribution in [2.45, 2.75) is 11.5 Å². The van der Waals surface area contributed by atoms with Gasteiger partial charge in [-0.25, -0.2) is 0 Å². The van der Waals surface area contributed by atoms with Crippen LogP contribution in [0.1, 0.15) is 6.92 Å². The topological polar surface area (TPSA) is 0 Å². The van der Waals surface area contributed by atoms with E-state index in [1.165, 1.54) is 0 Å². The standard InChI is InChI=1S/C2H6S2.Na/c1-2(3)4;/h2-4H,1H3;. The third-order valence-electron chi connectivity index (χ3n) is 0. The fraction of sp³-hybridized carbons (Fsp3) is 1.00. The van der Waals surface area contributed by atoms with Gasteiger partial charge in [-0.2, -0.15) is 25.3 Å². The Bertz CT molecular complexity index is 12.4. The van der Waals surface area contributed by atoms with E-state index in [1.807, 2.05) is 6.92 Å². The molecule has 0 heterocycles. The van der Waals surface area contributed by atoms with Crippen molar-refractivity contribution in [3.63, 3.8) is 0 Å². The Balaban J connectivity index is 0. The van der Waals surface area contributed by atoms with Crippen molar-refractivity contribution in [3.8, 4) is 0 Å². The maximum Gasteiger partial charge on any atom is 0.0414 e. The van der Waals surface area contributed by atoms with Crippen LogP contribution in [0.15, 0.2) is 0 Å². The normalized spacial score (nSPS) is 7.20. The molecule has 5 heavy (non-hydrogen) atoms. The molecule has 0 aromatic rings.